The first-order valence-electron chi connectivity index (χ1n) is 10.7. The number of benzene rings is 2. The van der Waals surface area contributed by atoms with Gasteiger partial charge in [0.05, 0.1) is 6.42 Å². The lowest BCUT2D eigenvalue weighted by Gasteiger charge is -2.19. The Balaban J connectivity index is 1.37. The molecule has 1 atom stereocenters. The molecular weight excluding hydrogens is 458 g/mol. The Morgan fingerprint density at radius 2 is 1.67 bits per heavy atom. The minimum absolute atomic E-state index is 0.0833. The summed E-state index contributed by atoms with van der Waals surface area (Å²) >= 11 is 1.14. The zero-order chi connectivity index (χ0) is 23.3. The van der Waals surface area contributed by atoms with Gasteiger partial charge in [-0.25, -0.2) is 8.42 Å². The summed E-state index contributed by atoms with van der Waals surface area (Å²) in [5.41, 5.74) is 2.10. The summed E-state index contributed by atoms with van der Waals surface area (Å²) in [6, 6.07) is 19.0. The SMILES string of the molecule is O=C(Cc1ccc(NS(=O)(=O)c2cccs2)cc1)NC(Cc1ccccc1)C(=O)NC1CC1. The van der Waals surface area contributed by atoms with Crippen molar-refractivity contribution in [3.8, 4) is 0 Å². The summed E-state index contributed by atoms with van der Waals surface area (Å²) in [7, 11) is -3.62. The van der Waals surface area contributed by atoms with Crippen LogP contribution in [-0.4, -0.2) is 32.3 Å². The first-order valence-corrected chi connectivity index (χ1v) is 13.0. The molecule has 3 N–H and O–H groups in total. The molecule has 2 amide bonds. The molecule has 1 aliphatic carbocycles. The third kappa shape index (κ3) is 6.66. The lowest BCUT2D eigenvalue weighted by atomic mass is 10.0. The van der Waals surface area contributed by atoms with Crippen molar-refractivity contribution in [3.63, 3.8) is 0 Å². The van der Waals surface area contributed by atoms with Crippen LogP contribution in [0.1, 0.15) is 24.0 Å². The molecule has 1 aromatic heterocycles. The molecule has 0 bridgehead atoms. The summed E-state index contributed by atoms with van der Waals surface area (Å²) in [4.78, 5) is 25.4. The van der Waals surface area contributed by atoms with Crippen LogP contribution in [0.2, 0.25) is 0 Å². The van der Waals surface area contributed by atoms with Gasteiger partial charge >= 0.3 is 0 Å². The fourth-order valence-electron chi connectivity index (χ4n) is 3.33. The third-order valence-electron chi connectivity index (χ3n) is 5.19. The monoisotopic (exact) mass is 483 g/mol. The number of sulfonamides is 1. The number of thiophene rings is 1. The van der Waals surface area contributed by atoms with E-state index in [0.29, 0.717) is 17.7 Å². The highest BCUT2D eigenvalue weighted by Crippen LogP contribution is 2.21. The first-order chi connectivity index (χ1) is 15.9. The zero-order valence-corrected chi connectivity index (χ0v) is 19.5. The van der Waals surface area contributed by atoms with Crippen LogP contribution in [0.25, 0.3) is 0 Å². The van der Waals surface area contributed by atoms with E-state index in [2.05, 4.69) is 15.4 Å². The Morgan fingerprint density at radius 1 is 0.939 bits per heavy atom. The van der Waals surface area contributed by atoms with Gasteiger partial charge in [0.25, 0.3) is 10.0 Å². The summed E-state index contributed by atoms with van der Waals surface area (Å²) < 4.78 is 27.4. The van der Waals surface area contributed by atoms with Crippen LogP contribution in [0.5, 0.6) is 0 Å². The van der Waals surface area contributed by atoms with E-state index < -0.39 is 16.1 Å². The maximum atomic E-state index is 12.7. The lowest BCUT2D eigenvalue weighted by Crippen LogP contribution is -2.49. The second-order valence-electron chi connectivity index (χ2n) is 8.00. The zero-order valence-electron chi connectivity index (χ0n) is 17.9. The van der Waals surface area contributed by atoms with E-state index in [1.807, 2.05) is 30.3 Å². The Kier molecular flexibility index (Phi) is 7.10. The minimum Gasteiger partial charge on any atom is -0.352 e. The molecule has 1 aliphatic rings. The number of amides is 2. The van der Waals surface area contributed by atoms with E-state index in [-0.39, 0.29) is 28.5 Å². The van der Waals surface area contributed by atoms with Crippen molar-refractivity contribution in [1.29, 1.82) is 0 Å². The van der Waals surface area contributed by atoms with Crippen molar-refractivity contribution in [1.82, 2.24) is 10.6 Å². The number of carbonyl (C=O) groups is 2. The largest absolute Gasteiger partial charge is 0.352 e. The Hall–Kier alpha value is -3.17. The predicted molar refractivity (Wildman–Crippen MR) is 129 cm³/mol. The number of rotatable bonds is 10. The van der Waals surface area contributed by atoms with Gasteiger partial charge in [0.2, 0.25) is 11.8 Å². The fraction of sp³-hybridized carbons (Fsp3) is 0.250. The van der Waals surface area contributed by atoms with E-state index in [0.717, 1.165) is 29.7 Å². The number of nitrogens with one attached hydrogen (secondary N) is 3. The Morgan fingerprint density at radius 3 is 2.30 bits per heavy atom. The van der Waals surface area contributed by atoms with Gasteiger partial charge in [0.1, 0.15) is 10.3 Å². The lowest BCUT2D eigenvalue weighted by molar-refractivity contribution is -0.128. The van der Waals surface area contributed by atoms with E-state index in [1.165, 1.54) is 6.07 Å². The average molecular weight is 484 g/mol. The molecule has 0 radical (unpaired) electrons. The van der Waals surface area contributed by atoms with Crippen molar-refractivity contribution < 1.29 is 18.0 Å². The van der Waals surface area contributed by atoms with Crippen LogP contribution in [0, 0.1) is 0 Å². The van der Waals surface area contributed by atoms with Crippen LogP contribution in [0.3, 0.4) is 0 Å². The van der Waals surface area contributed by atoms with Crippen LogP contribution < -0.4 is 15.4 Å². The minimum atomic E-state index is -3.62. The van der Waals surface area contributed by atoms with Crippen LogP contribution in [0.4, 0.5) is 5.69 Å². The van der Waals surface area contributed by atoms with Crippen LogP contribution in [0.15, 0.2) is 76.3 Å². The van der Waals surface area contributed by atoms with Gasteiger partial charge in [-0.3, -0.25) is 14.3 Å². The van der Waals surface area contributed by atoms with Crippen molar-refractivity contribution in [3.05, 3.63) is 83.2 Å². The molecule has 3 aromatic rings. The molecule has 4 rings (SSSR count). The number of anilines is 1. The second-order valence-corrected chi connectivity index (χ2v) is 10.9. The molecule has 33 heavy (non-hydrogen) atoms. The smallest absolute Gasteiger partial charge is 0.271 e. The van der Waals surface area contributed by atoms with E-state index >= 15 is 0 Å². The van der Waals surface area contributed by atoms with Crippen molar-refractivity contribution in [2.75, 3.05) is 4.72 Å². The number of hydrogen-bond acceptors (Lipinski definition) is 5. The summed E-state index contributed by atoms with van der Waals surface area (Å²) in [6.45, 7) is 0. The second kappa shape index (κ2) is 10.2. The van der Waals surface area contributed by atoms with Gasteiger partial charge in [-0.1, -0.05) is 48.5 Å². The van der Waals surface area contributed by atoms with E-state index in [1.54, 1.807) is 35.7 Å². The molecule has 1 heterocycles. The molecule has 0 saturated heterocycles. The highest BCUT2D eigenvalue weighted by molar-refractivity contribution is 7.94. The molecular formula is C24H25N3O4S2. The standard InChI is InChI=1S/C24H25N3O4S2/c28-22(26-21(24(29)25-19-12-13-19)15-17-5-2-1-3-6-17)16-18-8-10-20(11-9-18)27-33(30,31)23-7-4-14-32-23/h1-11,14,19,21,27H,12-13,15-16H2,(H,25,29)(H,26,28). The van der Waals surface area contributed by atoms with E-state index in [9.17, 15) is 18.0 Å². The highest BCUT2D eigenvalue weighted by Gasteiger charge is 2.28. The number of hydrogen-bond donors (Lipinski definition) is 3. The number of carbonyl (C=O) groups excluding carboxylic acids is 2. The molecule has 1 fully saturated rings. The summed E-state index contributed by atoms with van der Waals surface area (Å²) in [5.74, 6) is -0.443. The normalized spacial score (nSPS) is 14.3. The van der Waals surface area contributed by atoms with Gasteiger partial charge in [-0.05, 0) is 47.5 Å². The molecule has 0 spiro atoms. The van der Waals surface area contributed by atoms with Gasteiger partial charge in [-0.15, -0.1) is 11.3 Å². The molecule has 1 saturated carbocycles. The average Bonchev–Trinajstić information content (AvgIpc) is 3.42. The Labute approximate surface area is 197 Å². The molecule has 2 aromatic carbocycles. The third-order valence-corrected chi connectivity index (χ3v) is 7.97. The molecule has 0 aliphatic heterocycles. The van der Waals surface area contributed by atoms with Crippen molar-refractivity contribution >= 4 is 38.9 Å². The maximum Gasteiger partial charge on any atom is 0.271 e. The molecule has 172 valence electrons. The van der Waals surface area contributed by atoms with Gasteiger partial charge in [0.15, 0.2) is 0 Å². The quantitative estimate of drug-likeness (QED) is 0.412. The predicted octanol–water partition coefficient (Wildman–Crippen LogP) is 3.10. The van der Waals surface area contributed by atoms with Gasteiger partial charge in [0, 0.05) is 18.2 Å². The highest BCUT2D eigenvalue weighted by atomic mass is 32.2. The molecule has 7 nitrogen and oxygen atoms in total. The van der Waals surface area contributed by atoms with Crippen molar-refractivity contribution in [2.24, 2.45) is 0 Å². The molecule has 1 unspecified atom stereocenters. The summed E-state index contributed by atoms with van der Waals surface area (Å²) in [5, 5.41) is 7.52. The maximum absolute atomic E-state index is 12.7. The first kappa shape index (κ1) is 23.0. The van der Waals surface area contributed by atoms with Crippen LogP contribution >= 0.6 is 11.3 Å². The topological polar surface area (TPSA) is 104 Å². The van der Waals surface area contributed by atoms with Gasteiger partial charge in [-0.2, -0.15) is 0 Å². The fourth-order valence-corrected chi connectivity index (χ4v) is 5.38. The van der Waals surface area contributed by atoms with Gasteiger partial charge < -0.3 is 10.6 Å². The van der Waals surface area contributed by atoms with Crippen molar-refractivity contribution in [2.45, 2.75) is 42.0 Å². The summed E-state index contributed by atoms with van der Waals surface area (Å²) in [6.07, 6.45) is 2.44. The van der Waals surface area contributed by atoms with Crippen LogP contribution in [-0.2, 0) is 32.5 Å². The molecule has 9 heteroatoms. The Bertz CT molecular complexity index is 1190. The van der Waals surface area contributed by atoms with E-state index in [4.69, 9.17) is 0 Å².